The van der Waals surface area contributed by atoms with Gasteiger partial charge < -0.3 is 20.1 Å². The zero-order valence-corrected chi connectivity index (χ0v) is 12.5. The highest BCUT2D eigenvalue weighted by Crippen LogP contribution is 2.28. The molecular weight excluding hydrogens is 256 g/mol. The monoisotopic (exact) mass is 280 g/mol. The second kappa shape index (κ2) is 9.07. The Kier molecular flexibility index (Phi) is 7.32. The summed E-state index contributed by atoms with van der Waals surface area (Å²) in [5, 5.41) is 5.94. The SMILES string of the molecule is CCCCCNC(=O)CNc1cc(OC)ccc1OC. The standard InChI is InChI=1S/C15H24N2O3/c1-4-5-6-9-16-15(18)11-17-13-10-12(19-2)7-8-14(13)20-3/h7-8,10,17H,4-6,9,11H2,1-3H3,(H,16,18). The van der Waals surface area contributed by atoms with E-state index in [0.717, 1.165) is 37.2 Å². The summed E-state index contributed by atoms with van der Waals surface area (Å²) in [6.07, 6.45) is 3.30. The quantitative estimate of drug-likeness (QED) is 0.682. The molecule has 5 heteroatoms. The number of rotatable bonds is 9. The van der Waals surface area contributed by atoms with Crippen LogP contribution in [-0.2, 0) is 4.79 Å². The van der Waals surface area contributed by atoms with Crippen molar-refractivity contribution in [1.82, 2.24) is 5.32 Å². The molecule has 0 atom stereocenters. The van der Waals surface area contributed by atoms with Crippen molar-refractivity contribution in [2.24, 2.45) is 0 Å². The largest absolute Gasteiger partial charge is 0.497 e. The van der Waals surface area contributed by atoms with E-state index in [1.54, 1.807) is 20.3 Å². The molecule has 1 rings (SSSR count). The first-order chi connectivity index (χ1) is 9.71. The van der Waals surface area contributed by atoms with Gasteiger partial charge in [0.1, 0.15) is 11.5 Å². The Morgan fingerprint density at radius 3 is 2.65 bits per heavy atom. The number of amides is 1. The highest BCUT2D eigenvalue weighted by molar-refractivity contribution is 5.81. The third-order valence-corrected chi connectivity index (χ3v) is 2.95. The lowest BCUT2D eigenvalue weighted by Gasteiger charge is -2.12. The third kappa shape index (κ3) is 5.38. The highest BCUT2D eigenvalue weighted by Gasteiger charge is 2.06. The molecule has 0 radical (unpaired) electrons. The normalized spacial score (nSPS) is 9.95. The number of hydrogen-bond donors (Lipinski definition) is 2. The number of carbonyl (C=O) groups is 1. The van der Waals surface area contributed by atoms with Crippen molar-refractivity contribution < 1.29 is 14.3 Å². The zero-order valence-electron chi connectivity index (χ0n) is 12.5. The topological polar surface area (TPSA) is 59.6 Å². The van der Waals surface area contributed by atoms with E-state index in [9.17, 15) is 4.79 Å². The van der Waals surface area contributed by atoms with Gasteiger partial charge in [0.25, 0.3) is 0 Å². The van der Waals surface area contributed by atoms with Gasteiger partial charge in [0.15, 0.2) is 0 Å². The lowest BCUT2D eigenvalue weighted by molar-refractivity contribution is -0.119. The Morgan fingerprint density at radius 1 is 1.20 bits per heavy atom. The van der Waals surface area contributed by atoms with Crippen molar-refractivity contribution in [1.29, 1.82) is 0 Å². The number of methoxy groups -OCH3 is 2. The van der Waals surface area contributed by atoms with Gasteiger partial charge in [-0.3, -0.25) is 4.79 Å². The van der Waals surface area contributed by atoms with Gasteiger partial charge in [-0.15, -0.1) is 0 Å². The molecule has 20 heavy (non-hydrogen) atoms. The van der Waals surface area contributed by atoms with Crippen molar-refractivity contribution in [2.75, 3.05) is 32.6 Å². The first kappa shape index (κ1) is 16.1. The summed E-state index contributed by atoms with van der Waals surface area (Å²) in [6, 6.07) is 5.43. The number of carbonyl (C=O) groups excluding carboxylic acids is 1. The second-order valence-electron chi connectivity index (χ2n) is 4.48. The fraction of sp³-hybridized carbons (Fsp3) is 0.533. The molecule has 0 aromatic heterocycles. The summed E-state index contributed by atoms with van der Waals surface area (Å²) in [6.45, 7) is 3.08. The molecule has 0 bridgehead atoms. The third-order valence-electron chi connectivity index (χ3n) is 2.95. The number of anilines is 1. The van der Waals surface area contributed by atoms with Crippen LogP contribution in [0.5, 0.6) is 11.5 Å². The van der Waals surface area contributed by atoms with Crippen molar-refractivity contribution in [2.45, 2.75) is 26.2 Å². The van der Waals surface area contributed by atoms with Gasteiger partial charge in [-0.1, -0.05) is 19.8 Å². The average molecular weight is 280 g/mol. The molecule has 0 aliphatic rings. The maximum atomic E-state index is 11.7. The molecule has 1 aromatic carbocycles. The molecule has 0 heterocycles. The highest BCUT2D eigenvalue weighted by atomic mass is 16.5. The molecule has 5 nitrogen and oxygen atoms in total. The van der Waals surface area contributed by atoms with Crippen molar-refractivity contribution in [3.8, 4) is 11.5 Å². The van der Waals surface area contributed by atoms with Crippen molar-refractivity contribution in [3.05, 3.63) is 18.2 Å². The summed E-state index contributed by atoms with van der Waals surface area (Å²) in [7, 11) is 3.20. The molecule has 1 aromatic rings. The number of benzene rings is 1. The zero-order chi connectivity index (χ0) is 14.8. The van der Waals surface area contributed by atoms with Crippen LogP contribution >= 0.6 is 0 Å². The van der Waals surface area contributed by atoms with Gasteiger partial charge in [-0.05, 0) is 18.6 Å². The van der Waals surface area contributed by atoms with E-state index in [4.69, 9.17) is 9.47 Å². The van der Waals surface area contributed by atoms with E-state index in [1.165, 1.54) is 0 Å². The fourth-order valence-electron chi connectivity index (χ4n) is 1.79. The first-order valence-electron chi connectivity index (χ1n) is 6.93. The molecule has 2 N–H and O–H groups in total. The van der Waals surface area contributed by atoms with Crippen LogP contribution in [0.3, 0.4) is 0 Å². The number of ether oxygens (including phenoxy) is 2. The summed E-state index contributed by atoms with van der Waals surface area (Å²) in [5.41, 5.74) is 0.746. The Bertz CT molecular complexity index is 422. The Labute approximate surface area is 120 Å². The minimum absolute atomic E-state index is 0.0222. The van der Waals surface area contributed by atoms with Gasteiger partial charge in [0.05, 0.1) is 26.5 Å². The van der Waals surface area contributed by atoms with E-state index in [0.29, 0.717) is 5.75 Å². The van der Waals surface area contributed by atoms with Gasteiger partial charge >= 0.3 is 0 Å². The smallest absolute Gasteiger partial charge is 0.239 e. The van der Waals surface area contributed by atoms with Crippen LogP contribution in [0, 0.1) is 0 Å². The van der Waals surface area contributed by atoms with E-state index < -0.39 is 0 Å². The summed E-state index contributed by atoms with van der Waals surface area (Å²) >= 11 is 0. The van der Waals surface area contributed by atoms with E-state index in [1.807, 2.05) is 12.1 Å². The van der Waals surface area contributed by atoms with Crippen LogP contribution in [0.25, 0.3) is 0 Å². The molecule has 0 aliphatic heterocycles. The number of nitrogens with one attached hydrogen (secondary N) is 2. The van der Waals surface area contributed by atoms with Crippen LogP contribution in [-0.4, -0.2) is 33.2 Å². The maximum absolute atomic E-state index is 11.7. The lowest BCUT2D eigenvalue weighted by atomic mass is 10.2. The minimum atomic E-state index is -0.0222. The molecule has 1 amide bonds. The minimum Gasteiger partial charge on any atom is -0.497 e. The maximum Gasteiger partial charge on any atom is 0.239 e. The summed E-state index contributed by atoms with van der Waals surface area (Å²) < 4.78 is 10.4. The van der Waals surface area contributed by atoms with Gasteiger partial charge in [0, 0.05) is 12.6 Å². The van der Waals surface area contributed by atoms with E-state index in [-0.39, 0.29) is 12.5 Å². The second-order valence-corrected chi connectivity index (χ2v) is 4.48. The van der Waals surface area contributed by atoms with Crippen LogP contribution in [0.2, 0.25) is 0 Å². The average Bonchev–Trinajstić information content (AvgIpc) is 2.49. The van der Waals surface area contributed by atoms with Crippen LogP contribution < -0.4 is 20.1 Å². The lowest BCUT2D eigenvalue weighted by Crippen LogP contribution is -2.30. The van der Waals surface area contributed by atoms with Gasteiger partial charge in [-0.25, -0.2) is 0 Å². The molecule has 0 saturated heterocycles. The molecular formula is C15H24N2O3. The molecule has 0 fully saturated rings. The van der Waals surface area contributed by atoms with Crippen molar-refractivity contribution in [3.63, 3.8) is 0 Å². The van der Waals surface area contributed by atoms with Crippen LogP contribution in [0.1, 0.15) is 26.2 Å². The summed E-state index contributed by atoms with van der Waals surface area (Å²) in [5.74, 6) is 1.38. The van der Waals surface area contributed by atoms with Crippen LogP contribution in [0.15, 0.2) is 18.2 Å². The van der Waals surface area contributed by atoms with Crippen molar-refractivity contribution >= 4 is 11.6 Å². The fourth-order valence-corrected chi connectivity index (χ4v) is 1.79. The Morgan fingerprint density at radius 2 is 2.00 bits per heavy atom. The van der Waals surface area contributed by atoms with Gasteiger partial charge in [0.2, 0.25) is 5.91 Å². The Hall–Kier alpha value is -1.91. The first-order valence-corrected chi connectivity index (χ1v) is 6.93. The van der Waals surface area contributed by atoms with E-state index >= 15 is 0 Å². The Balaban J connectivity index is 2.45. The molecule has 0 saturated carbocycles. The molecule has 112 valence electrons. The predicted octanol–water partition coefficient (Wildman–Crippen LogP) is 2.42. The number of hydrogen-bond acceptors (Lipinski definition) is 4. The number of unbranched alkanes of at least 4 members (excludes halogenated alkanes) is 2. The van der Waals surface area contributed by atoms with Crippen LogP contribution in [0.4, 0.5) is 5.69 Å². The summed E-state index contributed by atoms with van der Waals surface area (Å²) in [4.78, 5) is 11.7. The molecule has 0 spiro atoms. The molecule has 0 aliphatic carbocycles. The molecule has 0 unspecified atom stereocenters. The van der Waals surface area contributed by atoms with Gasteiger partial charge in [-0.2, -0.15) is 0 Å². The van der Waals surface area contributed by atoms with E-state index in [2.05, 4.69) is 17.6 Å². The predicted molar refractivity (Wildman–Crippen MR) is 80.6 cm³/mol.